The first-order valence-corrected chi connectivity index (χ1v) is 7.17. The third kappa shape index (κ3) is 4.57. The van der Waals surface area contributed by atoms with Crippen LogP contribution in [0.3, 0.4) is 0 Å². The number of nitrogens with two attached hydrogens (primary N) is 1. The van der Waals surface area contributed by atoms with E-state index in [0.29, 0.717) is 13.2 Å². The van der Waals surface area contributed by atoms with E-state index in [-0.39, 0.29) is 0 Å². The zero-order chi connectivity index (χ0) is 13.5. The molecular formula is C13H18N4OS. The first kappa shape index (κ1) is 13.9. The van der Waals surface area contributed by atoms with Gasteiger partial charge in [-0.15, -0.1) is 5.10 Å². The number of thioether (sulfide) groups is 1. The van der Waals surface area contributed by atoms with Crippen molar-refractivity contribution in [1.82, 2.24) is 14.8 Å². The highest BCUT2D eigenvalue weighted by molar-refractivity contribution is 7.99. The Bertz CT molecular complexity index is 515. The molecule has 2 N–H and O–H groups in total. The number of aryl methyl sites for hydroxylation is 1. The first-order chi connectivity index (χ1) is 9.28. The van der Waals surface area contributed by atoms with Crippen molar-refractivity contribution in [3.63, 3.8) is 0 Å². The minimum atomic E-state index is 0.540. The minimum Gasteiger partial charge on any atom is -0.494 e. The van der Waals surface area contributed by atoms with E-state index in [9.17, 15) is 0 Å². The fourth-order valence-corrected chi connectivity index (χ4v) is 2.31. The van der Waals surface area contributed by atoms with Gasteiger partial charge in [0.05, 0.1) is 6.61 Å². The van der Waals surface area contributed by atoms with E-state index in [1.165, 1.54) is 0 Å². The molecule has 2 rings (SSSR count). The lowest BCUT2D eigenvalue weighted by Crippen LogP contribution is -2.01. The Balaban J connectivity index is 1.66. The molecule has 0 fully saturated rings. The summed E-state index contributed by atoms with van der Waals surface area (Å²) in [6.07, 6.45) is 2.66. The molecule has 0 spiro atoms. The standard InChI is InChI=1S/C13H18N4OS/c1-17-10-15-13(16-17)19-7-3-6-18-12-5-2-4-11(8-12)9-14/h2,4-5,8,10H,3,6-7,9,14H2,1H3. The quantitative estimate of drug-likeness (QED) is 0.618. The predicted octanol–water partition coefficient (Wildman–Crippen LogP) is 1.83. The molecule has 6 heteroatoms. The molecule has 0 radical (unpaired) electrons. The van der Waals surface area contributed by atoms with Crippen molar-refractivity contribution >= 4 is 11.8 Å². The summed E-state index contributed by atoms with van der Waals surface area (Å²) in [6.45, 7) is 1.23. The van der Waals surface area contributed by atoms with Gasteiger partial charge in [0, 0.05) is 19.3 Å². The summed E-state index contributed by atoms with van der Waals surface area (Å²) in [6, 6.07) is 7.89. The lowest BCUT2D eigenvalue weighted by Gasteiger charge is -2.06. The average Bonchev–Trinajstić information content (AvgIpc) is 2.84. The number of benzene rings is 1. The molecule has 0 aliphatic heterocycles. The molecule has 1 aromatic carbocycles. The van der Waals surface area contributed by atoms with Gasteiger partial charge < -0.3 is 10.5 Å². The van der Waals surface area contributed by atoms with Crippen molar-refractivity contribution < 1.29 is 4.74 Å². The topological polar surface area (TPSA) is 66.0 Å². The highest BCUT2D eigenvalue weighted by atomic mass is 32.2. The number of hydrogen-bond acceptors (Lipinski definition) is 5. The normalized spacial score (nSPS) is 10.6. The summed E-state index contributed by atoms with van der Waals surface area (Å²) in [5, 5.41) is 5.02. The van der Waals surface area contributed by atoms with Crippen LogP contribution in [0.25, 0.3) is 0 Å². The van der Waals surface area contributed by atoms with Crippen LogP contribution in [0, 0.1) is 0 Å². The van der Waals surface area contributed by atoms with Crippen LogP contribution in [0.5, 0.6) is 5.75 Å². The van der Waals surface area contributed by atoms with E-state index in [2.05, 4.69) is 10.1 Å². The van der Waals surface area contributed by atoms with Gasteiger partial charge in [-0.2, -0.15) is 0 Å². The van der Waals surface area contributed by atoms with Gasteiger partial charge in [0.2, 0.25) is 5.16 Å². The van der Waals surface area contributed by atoms with Gasteiger partial charge in [0.1, 0.15) is 12.1 Å². The Morgan fingerprint density at radius 1 is 1.42 bits per heavy atom. The average molecular weight is 278 g/mol. The van der Waals surface area contributed by atoms with Crippen molar-refractivity contribution in [3.8, 4) is 5.75 Å². The Morgan fingerprint density at radius 3 is 3.05 bits per heavy atom. The molecule has 0 bridgehead atoms. The van der Waals surface area contributed by atoms with Crippen LogP contribution in [-0.4, -0.2) is 27.1 Å². The number of nitrogens with zero attached hydrogens (tertiary/aromatic N) is 3. The number of rotatable bonds is 7. The Morgan fingerprint density at radius 2 is 2.32 bits per heavy atom. The molecule has 0 unspecified atom stereocenters. The van der Waals surface area contributed by atoms with Gasteiger partial charge in [-0.05, 0) is 24.1 Å². The van der Waals surface area contributed by atoms with Crippen molar-refractivity contribution in [2.75, 3.05) is 12.4 Å². The zero-order valence-corrected chi connectivity index (χ0v) is 11.8. The molecule has 0 atom stereocenters. The molecule has 0 saturated heterocycles. The fraction of sp³-hybridized carbons (Fsp3) is 0.385. The van der Waals surface area contributed by atoms with E-state index < -0.39 is 0 Å². The molecular weight excluding hydrogens is 260 g/mol. The summed E-state index contributed by atoms with van der Waals surface area (Å²) in [5.74, 6) is 1.82. The van der Waals surface area contributed by atoms with E-state index in [0.717, 1.165) is 28.6 Å². The lowest BCUT2D eigenvalue weighted by atomic mass is 10.2. The van der Waals surface area contributed by atoms with Crippen LogP contribution < -0.4 is 10.5 Å². The van der Waals surface area contributed by atoms with Gasteiger partial charge in [-0.3, -0.25) is 4.68 Å². The summed E-state index contributed by atoms with van der Waals surface area (Å²) >= 11 is 1.64. The Labute approximate surface area is 117 Å². The van der Waals surface area contributed by atoms with Crippen LogP contribution in [-0.2, 0) is 13.6 Å². The van der Waals surface area contributed by atoms with Gasteiger partial charge >= 0.3 is 0 Å². The maximum absolute atomic E-state index is 5.68. The molecule has 0 amide bonds. The van der Waals surface area contributed by atoms with Crippen molar-refractivity contribution in [1.29, 1.82) is 0 Å². The molecule has 19 heavy (non-hydrogen) atoms. The second-order valence-electron chi connectivity index (χ2n) is 4.10. The van der Waals surface area contributed by atoms with E-state index in [4.69, 9.17) is 10.5 Å². The SMILES string of the molecule is Cn1cnc(SCCCOc2cccc(CN)c2)n1. The van der Waals surface area contributed by atoms with Crippen LogP contribution in [0.1, 0.15) is 12.0 Å². The number of aromatic nitrogens is 3. The molecule has 102 valence electrons. The third-order valence-electron chi connectivity index (χ3n) is 2.50. The highest BCUT2D eigenvalue weighted by Gasteiger charge is 2.00. The predicted molar refractivity (Wildman–Crippen MR) is 76.2 cm³/mol. The minimum absolute atomic E-state index is 0.540. The first-order valence-electron chi connectivity index (χ1n) is 6.18. The van der Waals surface area contributed by atoms with Gasteiger partial charge in [-0.1, -0.05) is 23.9 Å². The maximum Gasteiger partial charge on any atom is 0.208 e. The smallest absolute Gasteiger partial charge is 0.208 e. The lowest BCUT2D eigenvalue weighted by molar-refractivity contribution is 0.318. The molecule has 1 heterocycles. The second-order valence-corrected chi connectivity index (χ2v) is 5.16. The van der Waals surface area contributed by atoms with Crippen molar-refractivity contribution in [3.05, 3.63) is 36.2 Å². The largest absolute Gasteiger partial charge is 0.494 e. The summed E-state index contributed by atoms with van der Waals surface area (Å²) < 4.78 is 7.38. The van der Waals surface area contributed by atoms with E-state index in [1.807, 2.05) is 31.3 Å². The van der Waals surface area contributed by atoms with Crippen LogP contribution in [0.4, 0.5) is 0 Å². The van der Waals surface area contributed by atoms with Crippen molar-refractivity contribution in [2.24, 2.45) is 12.8 Å². The summed E-state index contributed by atoms with van der Waals surface area (Å²) in [7, 11) is 1.87. The monoisotopic (exact) mass is 278 g/mol. The van der Waals surface area contributed by atoms with Crippen LogP contribution in [0.2, 0.25) is 0 Å². The zero-order valence-electron chi connectivity index (χ0n) is 11.0. The van der Waals surface area contributed by atoms with Gasteiger partial charge in [0.25, 0.3) is 0 Å². The maximum atomic E-state index is 5.68. The molecule has 0 aliphatic carbocycles. The van der Waals surface area contributed by atoms with Crippen LogP contribution >= 0.6 is 11.8 Å². The summed E-state index contributed by atoms with van der Waals surface area (Å²) in [4.78, 5) is 4.15. The molecule has 0 saturated carbocycles. The third-order valence-corrected chi connectivity index (χ3v) is 3.44. The van der Waals surface area contributed by atoms with E-state index >= 15 is 0 Å². The Hall–Kier alpha value is -1.53. The molecule has 0 aliphatic rings. The van der Waals surface area contributed by atoms with Gasteiger partial charge in [-0.25, -0.2) is 4.98 Å². The summed E-state index contributed by atoms with van der Waals surface area (Å²) in [5.41, 5.74) is 6.67. The highest BCUT2D eigenvalue weighted by Crippen LogP contribution is 2.15. The fourth-order valence-electron chi connectivity index (χ4n) is 1.56. The van der Waals surface area contributed by atoms with E-state index in [1.54, 1.807) is 22.8 Å². The second kappa shape index (κ2) is 7.16. The van der Waals surface area contributed by atoms with Crippen molar-refractivity contribution in [2.45, 2.75) is 18.1 Å². The molecule has 5 nitrogen and oxygen atoms in total. The molecule has 2 aromatic rings. The molecule has 1 aromatic heterocycles. The van der Waals surface area contributed by atoms with Crippen LogP contribution in [0.15, 0.2) is 35.7 Å². The van der Waals surface area contributed by atoms with Gasteiger partial charge in [0.15, 0.2) is 0 Å². The number of ether oxygens (including phenoxy) is 1. The Kier molecular flexibility index (Phi) is 5.23. The number of hydrogen-bond donors (Lipinski definition) is 1.